The number of hydrogen-bond acceptors (Lipinski definition) is 2. The molecule has 0 aliphatic carbocycles. The van der Waals surface area contributed by atoms with E-state index in [0.29, 0.717) is 6.54 Å². The van der Waals surface area contributed by atoms with Crippen LogP contribution in [-0.4, -0.2) is 25.2 Å². The fourth-order valence-electron chi connectivity index (χ4n) is 1.97. The predicted octanol–water partition coefficient (Wildman–Crippen LogP) is 2.90. The molecule has 0 heterocycles. The Balaban J connectivity index is 2.48. The third kappa shape index (κ3) is 5.51. The zero-order valence-electron chi connectivity index (χ0n) is 13.2. The predicted molar refractivity (Wildman–Crippen MR) is 82.4 cm³/mol. The number of aryl methyl sites for hydroxylation is 1. The molecule has 0 atom stereocenters. The van der Waals surface area contributed by atoms with Crippen LogP contribution in [0.1, 0.15) is 38.8 Å². The highest BCUT2D eigenvalue weighted by Gasteiger charge is 2.12. The van der Waals surface area contributed by atoms with Crippen LogP contribution < -0.4 is 15.4 Å². The lowest BCUT2D eigenvalue weighted by Gasteiger charge is -2.20. The first-order valence-corrected chi connectivity index (χ1v) is 7.07. The molecule has 1 aromatic carbocycles. The molecule has 4 nitrogen and oxygen atoms in total. The molecule has 0 aromatic heterocycles. The van der Waals surface area contributed by atoms with E-state index in [1.807, 2.05) is 32.9 Å². The highest BCUT2D eigenvalue weighted by atomic mass is 16.5. The Morgan fingerprint density at radius 1 is 1.30 bits per heavy atom. The van der Waals surface area contributed by atoms with Gasteiger partial charge in [0.2, 0.25) is 0 Å². The molecule has 0 bridgehead atoms. The standard InChI is InChI=1S/C16H26N2O2/c1-6-13-11-12(7-8-14(13)20-5)9-10-17-15(19)18-16(2,3)4/h7-8,11H,6,9-10H2,1-5H3,(H2,17,18,19). The van der Waals surface area contributed by atoms with E-state index < -0.39 is 0 Å². The third-order valence-electron chi connectivity index (χ3n) is 2.91. The van der Waals surface area contributed by atoms with Crippen molar-refractivity contribution >= 4 is 6.03 Å². The summed E-state index contributed by atoms with van der Waals surface area (Å²) in [6.07, 6.45) is 1.75. The van der Waals surface area contributed by atoms with Gasteiger partial charge in [0, 0.05) is 12.1 Å². The van der Waals surface area contributed by atoms with E-state index in [4.69, 9.17) is 4.74 Å². The van der Waals surface area contributed by atoms with Crippen molar-refractivity contribution < 1.29 is 9.53 Å². The summed E-state index contributed by atoms with van der Waals surface area (Å²) in [4.78, 5) is 11.6. The maximum absolute atomic E-state index is 11.6. The van der Waals surface area contributed by atoms with Gasteiger partial charge in [-0.2, -0.15) is 0 Å². The highest BCUT2D eigenvalue weighted by Crippen LogP contribution is 2.20. The van der Waals surface area contributed by atoms with E-state index >= 15 is 0 Å². The fourth-order valence-corrected chi connectivity index (χ4v) is 1.97. The largest absolute Gasteiger partial charge is 0.496 e. The minimum Gasteiger partial charge on any atom is -0.496 e. The van der Waals surface area contributed by atoms with Crippen LogP contribution in [0, 0.1) is 0 Å². The normalized spacial score (nSPS) is 11.1. The van der Waals surface area contributed by atoms with Crippen LogP contribution >= 0.6 is 0 Å². The van der Waals surface area contributed by atoms with E-state index in [0.717, 1.165) is 18.6 Å². The van der Waals surface area contributed by atoms with Gasteiger partial charge in [0.05, 0.1) is 7.11 Å². The summed E-state index contributed by atoms with van der Waals surface area (Å²) >= 11 is 0. The van der Waals surface area contributed by atoms with Crippen molar-refractivity contribution in [1.82, 2.24) is 10.6 Å². The molecular weight excluding hydrogens is 252 g/mol. The van der Waals surface area contributed by atoms with Gasteiger partial charge in [0.1, 0.15) is 5.75 Å². The third-order valence-corrected chi connectivity index (χ3v) is 2.91. The molecule has 0 spiro atoms. The first-order chi connectivity index (χ1) is 9.35. The molecule has 0 aliphatic heterocycles. The lowest BCUT2D eigenvalue weighted by atomic mass is 10.1. The fraction of sp³-hybridized carbons (Fsp3) is 0.562. The van der Waals surface area contributed by atoms with Gasteiger partial charge in [0.15, 0.2) is 0 Å². The zero-order valence-corrected chi connectivity index (χ0v) is 13.2. The van der Waals surface area contributed by atoms with Crippen LogP contribution in [0.5, 0.6) is 5.75 Å². The Morgan fingerprint density at radius 3 is 2.55 bits per heavy atom. The minimum atomic E-state index is -0.209. The van der Waals surface area contributed by atoms with E-state index in [1.165, 1.54) is 11.1 Å². The molecule has 1 rings (SSSR count). The van der Waals surface area contributed by atoms with Crippen LogP contribution in [0.25, 0.3) is 0 Å². The Hall–Kier alpha value is -1.71. The molecule has 4 heteroatoms. The van der Waals surface area contributed by atoms with Gasteiger partial charge in [-0.25, -0.2) is 4.79 Å². The lowest BCUT2D eigenvalue weighted by molar-refractivity contribution is 0.232. The number of rotatable bonds is 5. The number of benzene rings is 1. The second-order valence-corrected chi connectivity index (χ2v) is 5.88. The summed E-state index contributed by atoms with van der Waals surface area (Å²) in [5.41, 5.74) is 2.20. The highest BCUT2D eigenvalue weighted by molar-refractivity contribution is 5.74. The molecule has 0 saturated carbocycles. The molecule has 0 radical (unpaired) electrons. The Kier molecular flexibility index (Phi) is 5.86. The Labute approximate surface area is 121 Å². The number of urea groups is 1. The molecule has 0 aliphatic rings. The van der Waals surface area contributed by atoms with Crippen molar-refractivity contribution in [3.05, 3.63) is 29.3 Å². The number of ether oxygens (including phenoxy) is 1. The number of amides is 2. The quantitative estimate of drug-likeness (QED) is 0.870. The number of carbonyl (C=O) groups excluding carboxylic acids is 1. The van der Waals surface area contributed by atoms with E-state index in [9.17, 15) is 4.79 Å². The van der Waals surface area contributed by atoms with E-state index in [-0.39, 0.29) is 11.6 Å². The molecule has 0 fully saturated rings. The van der Waals surface area contributed by atoms with Gasteiger partial charge < -0.3 is 15.4 Å². The van der Waals surface area contributed by atoms with Gasteiger partial charge in [-0.1, -0.05) is 19.1 Å². The second kappa shape index (κ2) is 7.17. The smallest absolute Gasteiger partial charge is 0.315 e. The van der Waals surface area contributed by atoms with Crippen LogP contribution in [0.3, 0.4) is 0 Å². The van der Waals surface area contributed by atoms with E-state index in [2.05, 4.69) is 23.6 Å². The Morgan fingerprint density at radius 2 is 2.00 bits per heavy atom. The molecule has 1 aromatic rings. The summed E-state index contributed by atoms with van der Waals surface area (Å²) in [6.45, 7) is 8.62. The van der Waals surface area contributed by atoms with Gasteiger partial charge in [-0.15, -0.1) is 0 Å². The summed E-state index contributed by atoms with van der Waals surface area (Å²) in [5, 5.41) is 5.75. The van der Waals surface area contributed by atoms with Crippen molar-refractivity contribution in [3.63, 3.8) is 0 Å². The summed E-state index contributed by atoms with van der Waals surface area (Å²) in [5.74, 6) is 0.926. The van der Waals surface area contributed by atoms with E-state index in [1.54, 1.807) is 7.11 Å². The van der Waals surface area contributed by atoms with Crippen LogP contribution in [0.15, 0.2) is 18.2 Å². The minimum absolute atomic E-state index is 0.123. The van der Waals surface area contributed by atoms with Gasteiger partial charge in [-0.05, 0) is 50.8 Å². The number of carbonyl (C=O) groups is 1. The maximum Gasteiger partial charge on any atom is 0.315 e. The van der Waals surface area contributed by atoms with Crippen molar-refractivity contribution in [1.29, 1.82) is 0 Å². The maximum atomic E-state index is 11.6. The van der Waals surface area contributed by atoms with Crippen molar-refractivity contribution in [3.8, 4) is 5.75 Å². The summed E-state index contributed by atoms with van der Waals surface area (Å²) < 4.78 is 5.31. The molecule has 20 heavy (non-hydrogen) atoms. The van der Waals surface area contributed by atoms with Crippen LogP contribution in [-0.2, 0) is 12.8 Å². The van der Waals surface area contributed by atoms with Crippen LogP contribution in [0.2, 0.25) is 0 Å². The summed E-state index contributed by atoms with van der Waals surface area (Å²) in [6, 6.07) is 6.05. The zero-order chi connectivity index (χ0) is 15.2. The molecule has 0 unspecified atom stereocenters. The molecule has 0 saturated heterocycles. The number of nitrogens with one attached hydrogen (secondary N) is 2. The molecular formula is C16H26N2O2. The number of methoxy groups -OCH3 is 1. The summed E-state index contributed by atoms with van der Waals surface area (Å²) in [7, 11) is 1.69. The first kappa shape index (κ1) is 16.3. The molecule has 112 valence electrons. The van der Waals surface area contributed by atoms with Gasteiger partial charge >= 0.3 is 6.03 Å². The van der Waals surface area contributed by atoms with Crippen LogP contribution in [0.4, 0.5) is 4.79 Å². The van der Waals surface area contributed by atoms with Crippen molar-refractivity contribution in [2.75, 3.05) is 13.7 Å². The average Bonchev–Trinajstić information content (AvgIpc) is 2.36. The topological polar surface area (TPSA) is 50.4 Å². The van der Waals surface area contributed by atoms with Gasteiger partial charge in [0.25, 0.3) is 0 Å². The monoisotopic (exact) mass is 278 g/mol. The lowest BCUT2D eigenvalue weighted by Crippen LogP contribution is -2.46. The SMILES string of the molecule is CCc1cc(CCNC(=O)NC(C)(C)C)ccc1OC. The Bertz CT molecular complexity index is 450. The van der Waals surface area contributed by atoms with Crippen molar-refractivity contribution in [2.45, 2.75) is 46.1 Å². The first-order valence-electron chi connectivity index (χ1n) is 7.07. The molecule has 2 amide bonds. The second-order valence-electron chi connectivity index (χ2n) is 5.88. The van der Waals surface area contributed by atoms with Gasteiger partial charge in [-0.3, -0.25) is 0 Å². The number of hydrogen-bond donors (Lipinski definition) is 2. The molecule has 2 N–H and O–H groups in total. The van der Waals surface area contributed by atoms with Crippen molar-refractivity contribution in [2.24, 2.45) is 0 Å². The average molecular weight is 278 g/mol.